The Morgan fingerprint density at radius 2 is 1.53 bits per heavy atom. The third-order valence-electron chi connectivity index (χ3n) is 2.84. The molecule has 1 unspecified atom stereocenters. The van der Waals surface area contributed by atoms with E-state index in [2.05, 4.69) is 59.3 Å². The maximum absolute atomic E-state index is 6.04. The highest BCUT2D eigenvalue weighted by atomic mass is 79.9. The van der Waals surface area contributed by atoms with Gasteiger partial charge in [-0.05, 0) is 36.6 Å². The number of hydrogen-bond donors (Lipinski definition) is 0. The molecule has 17 heavy (non-hydrogen) atoms. The van der Waals surface area contributed by atoms with Gasteiger partial charge in [-0.15, -0.1) is 0 Å². The third-order valence-corrected chi connectivity index (χ3v) is 4.33. The van der Waals surface area contributed by atoms with E-state index in [1.54, 1.807) is 0 Å². The van der Waals surface area contributed by atoms with Crippen LogP contribution in [0.2, 0.25) is 5.02 Å². The number of benzene rings is 2. The first-order valence-electron chi connectivity index (χ1n) is 5.54. The van der Waals surface area contributed by atoms with E-state index in [0.717, 1.165) is 10.6 Å². The maximum atomic E-state index is 6.04. The molecule has 0 bridgehead atoms. The lowest BCUT2D eigenvalue weighted by Gasteiger charge is -2.12. The predicted octanol–water partition coefficient (Wildman–Crippen LogP) is 5.44. The van der Waals surface area contributed by atoms with Crippen molar-refractivity contribution in [3.63, 3.8) is 0 Å². The van der Waals surface area contributed by atoms with Crippen molar-refractivity contribution < 1.29 is 0 Å². The van der Waals surface area contributed by atoms with Gasteiger partial charge in [0.2, 0.25) is 0 Å². The molecule has 2 aromatic rings. The van der Waals surface area contributed by atoms with Crippen LogP contribution in [0.4, 0.5) is 0 Å². The highest BCUT2D eigenvalue weighted by Crippen LogP contribution is 2.32. The van der Waals surface area contributed by atoms with Gasteiger partial charge in [0.1, 0.15) is 0 Å². The summed E-state index contributed by atoms with van der Waals surface area (Å²) in [5, 5.41) is 0.817. The molecule has 0 fully saturated rings. The molecule has 0 saturated heterocycles. The molecule has 0 saturated carbocycles. The average Bonchev–Trinajstić information content (AvgIpc) is 2.33. The lowest BCUT2D eigenvalue weighted by molar-refractivity contribution is 1.16. The summed E-state index contributed by atoms with van der Waals surface area (Å²) >= 11 is 9.77. The van der Waals surface area contributed by atoms with Gasteiger partial charge < -0.3 is 0 Å². The Morgan fingerprint density at radius 3 is 2.12 bits per heavy atom. The Kier molecular flexibility index (Phi) is 3.90. The van der Waals surface area contributed by atoms with E-state index in [1.165, 1.54) is 16.7 Å². The van der Waals surface area contributed by atoms with Gasteiger partial charge in [-0.2, -0.15) is 0 Å². The van der Waals surface area contributed by atoms with E-state index in [9.17, 15) is 0 Å². The van der Waals surface area contributed by atoms with Gasteiger partial charge in [0.15, 0.2) is 0 Å². The number of hydrogen-bond acceptors (Lipinski definition) is 0. The maximum Gasteiger partial charge on any atom is 0.0644 e. The van der Waals surface area contributed by atoms with Crippen LogP contribution in [-0.2, 0) is 0 Å². The number of rotatable bonds is 2. The molecule has 0 aliphatic carbocycles. The molecule has 0 radical (unpaired) electrons. The molecule has 0 aromatic heterocycles. The van der Waals surface area contributed by atoms with Crippen molar-refractivity contribution in [1.82, 2.24) is 0 Å². The monoisotopic (exact) mass is 308 g/mol. The van der Waals surface area contributed by atoms with Crippen LogP contribution in [-0.4, -0.2) is 0 Å². The van der Waals surface area contributed by atoms with Gasteiger partial charge in [0, 0.05) is 5.02 Å². The summed E-state index contributed by atoms with van der Waals surface area (Å²) in [4.78, 5) is 0.221. The van der Waals surface area contributed by atoms with E-state index < -0.39 is 0 Å². The minimum Gasteiger partial charge on any atom is -0.0841 e. The standard InChI is InChI=1S/C15H14BrCl/c1-10-3-5-12(6-4-10)15(16)13-7-8-14(17)11(2)9-13/h3-9,15H,1-2H3. The molecule has 2 aromatic carbocycles. The number of aryl methyl sites for hydroxylation is 2. The van der Waals surface area contributed by atoms with Crippen molar-refractivity contribution in [3.05, 3.63) is 69.7 Å². The summed E-state index contributed by atoms with van der Waals surface area (Å²) in [7, 11) is 0. The number of alkyl halides is 1. The first kappa shape index (κ1) is 12.7. The van der Waals surface area contributed by atoms with Crippen LogP contribution in [0.25, 0.3) is 0 Å². The van der Waals surface area contributed by atoms with Gasteiger partial charge >= 0.3 is 0 Å². The molecule has 2 heteroatoms. The van der Waals surface area contributed by atoms with Gasteiger partial charge in [-0.25, -0.2) is 0 Å². The van der Waals surface area contributed by atoms with Crippen LogP contribution in [0.5, 0.6) is 0 Å². The van der Waals surface area contributed by atoms with Crippen molar-refractivity contribution >= 4 is 27.5 Å². The van der Waals surface area contributed by atoms with Gasteiger partial charge in [-0.1, -0.05) is 69.5 Å². The lowest BCUT2D eigenvalue weighted by atomic mass is 10.0. The van der Waals surface area contributed by atoms with Crippen LogP contribution < -0.4 is 0 Å². The highest BCUT2D eigenvalue weighted by Gasteiger charge is 2.10. The van der Waals surface area contributed by atoms with Crippen molar-refractivity contribution in [1.29, 1.82) is 0 Å². The minimum absolute atomic E-state index is 0.221. The molecule has 0 spiro atoms. The molecule has 0 N–H and O–H groups in total. The van der Waals surface area contributed by atoms with Crippen molar-refractivity contribution in [2.75, 3.05) is 0 Å². The summed E-state index contributed by atoms with van der Waals surface area (Å²) in [6.45, 7) is 4.13. The second-order valence-electron chi connectivity index (χ2n) is 4.28. The average molecular weight is 310 g/mol. The van der Waals surface area contributed by atoms with Crippen LogP contribution >= 0.6 is 27.5 Å². The van der Waals surface area contributed by atoms with Crippen LogP contribution in [0, 0.1) is 13.8 Å². The molecule has 2 rings (SSSR count). The van der Waals surface area contributed by atoms with Crippen LogP contribution in [0.15, 0.2) is 42.5 Å². The minimum atomic E-state index is 0.221. The predicted molar refractivity (Wildman–Crippen MR) is 78.1 cm³/mol. The van der Waals surface area contributed by atoms with E-state index >= 15 is 0 Å². The van der Waals surface area contributed by atoms with Gasteiger partial charge in [0.05, 0.1) is 4.83 Å². The zero-order valence-electron chi connectivity index (χ0n) is 9.87. The third kappa shape index (κ3) is 2.91. The molecular formula is C15H14BrCl. The fourth-order valence-electron chi connectivity index (χ4n) is 1.75. The Morgan fingerprint density at radius 1 is 0.941 bits per heavy atom. The fourth-order valence-corrected chi connectivity index (χ4v) is 2.46. The van der Waals surface area contributed by atoms with Crippen LogP contribution in [0.3, 0.4) is 0 Å². The van der Waals surface area contributed by atoms with E-state index in [0.29, 0.717) is 0 Å². The van der Waals surface area contributed by atoms with Crippen molar-refractivity contribution in [2.24, 2.45) is 0 Å². The molecule has 1 atom stereocenters. The highest BCUT2D eigenvalue weighted by molar-refractivity contribution is 9.09. The second kappa shape index (κ2) is 5.24. The molecule has 0 heterocycles. The fraction of sp³-hybridized carbons (Fsp3) is 0.200. The van der Waals surface area contributed by atoms with Gasteiger partial charge in [-0.3, -0.25) is 0 Å². The summed E-state index contributed by atoms with van der Waals surface area (Å²) in [6, 6.07) is 14.7. The smallest absolute Gasteiger partial charge is 0.0644 e. The van der Waals surface area contributed by atoms with E-state index in [4.69, 9.17) is 11.6 Å². The van der Waals surface area contributed by atoms with Crippen molar-refractivity contribution in [3.8, 4) is 0 Å². The molecular weight excluding hydrogens is 296 g/mol. The van der Waals surface area contributed by atoms with Crippen molar-refractivity contribution in [2.45, 2.75) is 18.7 Å². The number of halogens is 2. The second-order valence-corrected chi connectivity index (χ2v) is 5.60. The Labute approximate surface area is 116 Å². The molecule has 0 amide bonds. The first-order chi connectivity index (χ1) is 8.08. The quantitative estimate of drug-likeness (QED) is 0.648. The molecule has 0 aliphatic rings. The zero-order valence-corrected chi connectivity index (χ0v) is 12.2. The van der Waals surface area contributed by atoms with E-state index in [1.807, 2.05) is 13.0 Å². The van der Waals surface area contributed by atoms with Crippen LogP contribution in [0.1, 0.15) is 27.1 Å². The Bertz CT molecular complexity index is 517. The SMILES string of the molecule is Cc1ccc(C(Br)c2ccc(Cl)c(C)c2)cc1. The molecule has 0 aliphatic heterocycles. The van der Waals surface area contributed by atoms with E-state index in [-0.39, 0.29) is 4.83 Å². The molecule has 88 valence electrons. The summed E-state index contributed by atoms with van der Waals surface area (Å²) in [5.41, 5.74) is 4.88. The first-order valence-corrected chi connectivity index (χ1v) is 6.84. The summed E-state index contributed by atoms with van der Waals surface area (Å²) < 4.78 is 0. The lowest BCUT2D eigenvalue weighted by Crippen LogP contribution is -1.93. The Hall–Kier alpha value is -0.790. The Balaban J connectivity index is 2.33. The normalized spacial score (nSPS) is 12.5. The van der Waals surface area contributed by atoms with Gasteiger partial charge in [0.25, 0.3) is 0 Å². The largest absolute Gasteiger partial charge is 0.0841 e. The summed E-state index contributed by atoms with van der Waals surface area (Å²) in [6.07, 6.45) is 0. The molecule has 0 nitrogen and oxygen atoms in total. The topological polar surface area (TPSA) is 0 Å². The summed E-state index contributed by atoms with van der Waals surface area (Å²) in [5.74, 6) is 0. The zero-order chi connectivity index (χ0) is 12.4.